The number of aromatic amines is 1. The Bertz CT molecular complexity index is 1080. The quantitative estimate of drug-likeness (QED) is 0.527. The van der Waals surface area contributed by atoms with Crippen LogP contribution in [-0.2, 0) is 22.6 Å². The van der Waals surface area contributed by atoms with E-state index >= 15 is 0 Å². The smallest absolute Gasteiger partial charge is 0.310 e. The van der Waals surface area contributed by atoms with Crippen molar-refractivity contribution in [1.82, 2.24) is 15.1 Å². The van der Waals surface area contributed by atoms with Crippen LogP contribution in [0.2, 0.25) is 0 Å². The van der Waals surface area contributed by atoms with E-state index in [-0.39, 0.29) is 24.9 Å². The third-order valence-corrected chi connectivity index (χ3v) is 4.16. The van der Waals surface area contributed by atoms with Crippen molar-refractivity contribution in [2.75, 3.05) is 7.11 Å². The van der Waals surface area contributed by atoms with Crippen molar-refractivity contribution in [3.05, 3.63) is 66.2 Å². The van der Waals surface area contributed by atoms with Crippen LogP contribution >= 0.6 is 0 Å². The summed E-state index contributed by atoms with van der Waals surface area (Å²) in [6.45, 7) is -0.0713. The number of benzene rings is 2. The lowest BCUT2D eigenvalue weighted by Gasteiger charge is -2.01. The number of hydrogen-bond donors (Lipinski definition) is 1. The number of esters is 1. The number of hydrogen-bond acceptors (Lipinski definition) is 6. The van der Waals surface area contributed by atoms with Crippen LogP contribution in [0.15, 0.2) is 59.3 Å². The highest BCUT2D eigenvalue weighted by Gasteiger charge is 2.13. The molecule has 2 heterocycles. The van der Waals surface area contributed by atoms with Crippen molar-refractivity contribution >= 4 is 16.9 Å². The number of nitrogens with one attached hydrogen (secondary N) is 1. The van der Waals surface area contributed by atoms with Gasteiger partial charge in [0, 0.05) is 22.7 Å². The number of methoxy groups -OCH3 is 1. The molecule has 4 aromatic rings. The molecule has 0 bridgehead atoms. The average molecular weight is 363 g/mol. The zero-order valence-corrected chi connectivity index (χ0v) is 14.6. The van der Waals surface area contributed by atoms with Crippen molar-refractivity contribution in [1.29, 1.82) is 0 Å². The predicted molar refractivity (Wildman–Crippen MR) is 98.1 cm³/mol. The van der Waals surface area contributed by atoms with Crippen molar-refractivity contribution in [2.45, 2.75) is 13.0 Å². The molecule has 0 atom stereocenters. The minimum absolute atomic E-state index is 0.0713. The Kier molecular flexibility index (Phi) is 4.57. The van der Waals surface area contributed by atoms with E-state index in [1.807, 2.05) is 48.7 Å². The van der Waals surface area contributed by atoms with Crippen molar-refractivity contribution in [2.24, 2.45) is 0 Å². The molecule has 2 aromatic carbocycles. The molecule has 2 aromatic heterocycles. The van der Waals surface area contributed by atoms with Gasteiger partial charge in [-0.2, -0.15) is 4.98 Å². The van der Waals surface area contributed by atoms with Crippen LogP contribution in [0.3, 0.4) is 0 Å². The molecule has 27 heavy (non-hydrogen) atoms. The van der Waals surface area contributed by atoms with Crippen LogP contribution < -0.4 is 4.74 Å². The van der Waals surface area contributed by atoms with Gasteiger partial charge < -0.3 is 19.0 Å². The van der Waals surface area contributed by atoms with Crippen LogP contribution in [0.1, 0.15) is 11.5 Å². The first-order valence-corrected chi connectivity index (χ1v) is 8.40. The standard InChI is InChI=1S/C20H17N3O4/c1-25-15-6-4-5-13(9-15)20-22-18(27-23-20)12-26-19(24)10-14-11-21-17-8-3-2-7-16(14)17/h2-9,11,21H,10,12H2,1H3. The van der Waals surface area contributed by atoms with Gasteiger partial charge in [0.2, 0.25) is 5.82 Å². The van der Waals surface area contributed by atoms with Gasteiger partial charge in [-0.15, -0.1) is 0 Å². The highest BCUT2D eigenvalue weighted by molar-refractivity contribution is 5.87. The third-order valence-electron chi connectivity index (χ3n) is 4.16. The van der Waals surface area contributed by atoms with Crippen LogP contribution in [0.5, 0.6) is 5.75 Å². The SMILES string of the molecule is COc1cccc(-c2noc(COC(=O)Cc3c[nH]c4ccccc34)n2)c1. The summed E-state index contributed by atoms with van der Waals surface area (Å²) in [7, 11) is 1.59. The number of rotatable bonds is 6. The Morgan fingerprint density at radius 3 is 2.96 bits per heavy atom. The second kappa shape index (κ2) is 7.33. The Morgan fingerprint density at radius 2 is 2.07 bits per heavy atom. The Balaban J connectivity index is 1.39. The highest BCUT2D eigenvalue weighted by Crippen LogP contribution is 2.22. The molecular formula is C20H17N3O4. The van der Waals surface area contributed by atoms with Crippen molar-refractivity contribution in [3.8, 4) is 17.1 Å². The summed E-state index contributed by atoms with van der Waals surface area (Å²) in [6, 6.07) is 15.1. The molecule has 0 aliphatic heterocycles. The topological polar surface area (TPSA) is 90.2 Å². The lowest BCUT2D eigenvalue weighted by atomic mass is 10.1. The van der Waals surface area contributed by atoms with Crippen LogP contribution in [-0.4, -0.2) is 28.2 Å². The van der Waals surface area contributed by atoms with E-state index in [4.69, 9.17) is 14.0 Å². The van der Waals surface area contributed by atoms with Gasteiger partial charge in [0.25, 0.3) is 5.89 Å². The summed E-state index contributed by atoms with van der Waals surface area (Å²) >= 11 is 0. The van der Waals surface area contributed by atoms with Gasteiger partial charge in [0.05, 0.1) is 13.5 Å². The summed E-state index contributed by atoms with van der Waals surface area (Å²) in [5.74, 6) is 0.988. The molecule has 1 N–H and O–H groups in total. The summed E-state index contributed by atoms with van der Waals surface area (Å²) in [5.41, 5.74) is 2.63. The normalized spacial score (nSPS) is 10.9. The molecule has 0 aliphatic carbocycles. The number of ether oxygens (including phenoxy) is 2. The number of para-hydroxylation sites is 1. The molecule has 0 spiro atoms. The molecular weight excluding hydrogens is 346 g/mol. The zero-order valence-electron chi connectivity index (χ0n) is 14.6. The second-order valence-corrected chi connectivity index (χ2v) is 5.94. The van der Waals surface area contributed by atoms with Crippen LogP contribution in [0.4, 0.5) is 0 Å². The molecule has 0 saturated heterocycles. The number of fused-ring (bicyclic) bond motifs is 1. The van der Waals surface area contributed by atoms with Crippen LogP contribution in [0, 0.1) is 0 Å². The average Bonchev–Trinajstić information content (AvgIpc) is 3.34. The minimum atomic E-state index is -0.360. The monoisotopic (exact) mass is 363 g/mol. The number of aromatic nitrogens is 3. The lowest BCUT2D eigenvalue weighted by molar-refractivity contribution is -0.144. The molecule has 0 saturated carbocycles. The van der Waals surface area contributed by atoms with Crippen molar-refractivity contribution < 1.29 is 18.8 Å². The molecule has 0 aliphatic rings. The van der Waals surface area contributed by atoms with E-state index in [1.165, 1.54) is 0 Å². The van der Waals surface area contributed by atoms with Gasteiger partial charge in [-0.3, -0.25) is 4.79 Å². The van der Waals surface area contributed by atoms with Gasteiger partial charge >= 0.3 is 5.97 Å². The van der Waals surface area contributed by atoms with Gasteiger partial charge in [-0.25, -0.2) is 0 Å². The van der Waals surface area contributed by atoms with E-state index in [1.54, 1.807) is 13.2 Å². The lowest BCUT2D eigenvalue weighted by Crippen LogP contribution is -2.07. The highest BCUT2D eigenvalue weighted by atomic mass is 16.6. The molecule has 0 radical (unpaired) electrons. The van der Waals surface area contributed by atoms with E-state index in [9.17, 15) is 4.79 Å². The predicted octanol–water partition coefficient (Wildman–Crippen LogP) is 3.51. The molecule has 7 nitrogen and oxygen atoms in total. The minimum Gasteiger partial charge on any atom is -0.497 e. The maximum Gasteiger partial charge on any atom is 0.310 e. The van der Waals surface area contributed by atoms with E-state index in [0.717, 1.165) is 22.0 Å². The molecule has 7 heteroatoms. The molecule has 136 valence electrons. The second-order valence-electron chi connectivity index (χ2n) is 5.94. The first-order valence-electron chi connectivity index (χ1n) is 8.40. The van der Waals surface area contributed by atoms with Gasteiger partial charge in [-0.05, 0) is 23.8 Å². The maximum atomic E-state index is 12.1. The Labute approximate surface area is 154 Å². The van der Waals surface area contributed by atoms with E-state index < -0.39 is 0 Å². The summed E-state index contributed by atoms with van der Waals surface area (Å²) in [4.78, 5) is 19.5. The first-order chi connectivity index (χ1) is 13.2. The number of nitrogens with zero attached hydrogens (tertiary/aromatic N) is 2. The summed E-state index contributed by atoms with van der Waals surface area (Å²) in [5, 5.41) is 4.93. The molecule has 0 unspecified atom stereocenters. The van der Waals surface area contributed by atoms with Gasteiger partial charge in [0.15, 0.2) is 6.61 Å². The Hall–Kier alpha value is -3.61. The fraction of sp³-hybridized carbons (Fsp3) is 0.150. The summed E-state index contributed by atoms with van der Waals surface area (Å²) < 4.78 is 15.6. The first kappa shape index (κ1) is 16.8. The third kappa shape index (κ3) is 3.67. The van der Waals surface area contributed by atoms with E-state index in [0.29, 0.717) is 11.6 Å². The molecule has 4 rings (SSSR count). The number of carbonyl (C=O) groups is 1. The number of carbonyl (C=O) groups excluding carboxylic acids is 1. The van der Waals surface area contributed by atoms with Gasteiger partial charge in [-0.1, -0.05) is 35.5 Å². The van der Waals surface area contributed by atoms with Gasteiger partial charge in [0.1, 0.15) is 5.75 Å². The Morgan fingerprint density at radius 1 is 1.19 bits per heavy atom. The largest absolute Gasteiger partial charge is 0.497 e. The molecule has 0 fully saturated rings. The van der Waals surface area contributed by atoms with E-state index in [2.05, 4.69) is 15.1 Å². The number of H-pyrrole nitrogens is 1. The van der Waals surface area contributed by atoms with Crippen molar-refractivity contribution in [3.63, 3.8) is 0 Å². The molecule has 0 amide bonds. The van der Waals surface area contributed by atoms with Crippen LogP contribution in [0.25, 0.3) is 22.3 Å². The maximum absolute atomic E-state index is 12.1. The zero-order chi connectivity index (χ0) is 18.6. The fourth-order valence-corrected chi connectivity index (χ4v) is 2.82. The fourth-order valence-electron chi connectivity index (χ4n) is 2.82. The summed E-state index contributed by atoms with van der Waals surface area (Å²) in [6.07, 6.45) is 1.99.